The van der Waals surface area contributed by atoms with Crippen LogP contribution >= 0.6 is 27.5 Å². The van der Waals surface area contributed by atoms with E-state index in [2.05, 4.69) is 31.2 Å². The van der Waals surface area contributed by atoms with E-state index < -0.39 is 0 Å². The minimum absolute atomic E-state index is 0.209. The van der Waals surface area contributed by atoms with E-state index in [9.17, 15) is 0 Å². The first-order valence-electron chi connectivity index (χ1n) is 7.70. The molecule has 0 N–H and O–H groups in total. The van der Waals surface area contributed by atoms with Gasteiger partial charge in [-0.2, -0.15) is 10.1 Å². The number of ether oxygens (including phenoxy) is 1. The fraction of sp³-hybridized carbons (Fsp3) is 0.0556. The Labute approximate surface area is 162 Å². The molecule has 2 aromatic carbocycles. The van der Waals surface area contributed by atoms with Crippen molar-refractivity contribution in [2.75, 3.05) is 0 Å². The molecule has 4 aromatic rings. The maximum Gasteiger partial charge on any atom is 0.278 e. The van der Waals surface area contributed by atoms with Crippen LogP contribution in [0, 0.1) is 0 Å². The van der Waals surface area contributed by atoms with E-state index in [-0.39, 0.29) is 6.73 Å². The van der Waals surface area contributed by atoms with E-state index in [4.69, 9.17) is 20.9 Å². The Morgan fingerprint density at radius 2 is 1.96 bits per heavy atom. The molecule has 8 heteroatoms. The smallest absolute Gasteiger partial charge is 0.278 e. The third kappa shape index (κ3) is 3.63. The normalized spacial score (nSPS) is 10.8. The first kappa shape index (κ1) is 16.8. The average Bonchev–Trinajstić information content (AvgIpc) is 3.31. The molecule has 0 aliphatic heterocycles. The van der Waals surface area contributed by atoms with E-state index in [0.717, 1.165) is 10.0 Å². The topological polar surface area (TPSA) is 66.0 Å². The van der Waals surface area contributed by atoms with Crippen molar-refractivity contribution >= 4 is 27.5 Å². The first-order chi connectivity index (χ1) is 12.7. The van der Waals surface area contributed by atoms with E-state index in [1.54, 1.807) is 29.1 Å². The second kappa shape index (κ2) is 7.31. The van der Waals surface area contributed by atoms with Gasteiger partial charge in [-0.05, 0) is 24.3 Å². The highest BCUT2D eigenvalue weighted by Crippen LogP contribution is 2.28. The molecule has 26 heavy (non-hydrogen) atoms. The molecule has 0 radical (unpaired) electrons. The molecule has 0 saturated heterocycles. The Morgan fingerprint density at radius 3 is 2.77 bits per heavy atom. The Morgan fingerprint density at radius 1 is 1.12 bits per heavy atom. The lowest BCUT2D eigenvalue weighted by Crippen LogP contribution is -2.06. The second-order valence-electron chi connectivity index (χ2n) is 5.38. The van der Waals surface area contributed by atoms with E-state index in [1.165, 1.54) is 0 Å². The van der Waals surface area contributed by atoms with Crippen molar-refractivity contribution in [2.45, 2.75) is 6.73 Å². The van der Waals surface area contributed by atoms with Crippen molar-refractivity contribution in [3.8, 4) is 28.7 Å². The van der Waals surface area contributed by atoms with Gasteiger partial charge < -0.3 is 9.26 Å². The summed E-state index contributed by atoms with van der Waals surface area (Å²) in [5.41, 5.74) is 1.46. The Hall–Kier alpha value is -2.64. The van der Waals surface area contributed by atoms with Gasteiger partial charge in [-0.3, -0.25) is 0 Å². The molecular formula is C18H12BrClN4O2. The molecule has 2 heterocycles. The fourth-order valence-corrected chi connectivity index (χ4v) is 3.04. The number of benzene rings is 2. The molecule has 4 rings (SSSR count). The summed E-state index contributed by atoms with van der Waals surface area (Å²) in [5.74, 6) is 1.45. The molecule has 0 saturated carbocycles. The van der Waals surface area contributed by atoms with Crippen LogP contribution in [-0.2, 0) is 6.73 Å². The number of nitrogens with zero attached hydrogens (tertiary/aromatic N) is 4. The first-order valence-corrected chi connectivity index (χ1v) is 8.87. The van der Waals surface area contributed by atoms with Gasteiger partial charge in [0.05, 0.1) is 5.02 Å². The van der Waals surface area contributed by atoms with E-state index in [1.807, 2.05) is 36.4 Å². The zero-order valence-electron chi connectivity index (χ0n) is 13.3. The van der Waals surface area contributed by atoms with Gasteiger partial charge in [-0.1, -0.05) is 63.0 Å². The van der Waals surface area contributed by atoms with Crippen LogP contribution in [0.5, 0.6) is 5.75 Å². The van der Waals surface area contributed by atoms with Crippen molar-refractivity contribution in [1.29, 1.82) is 0 Å². The van der Waals surface area contributed by atoms with Gasteiger partial charge in [-0.25, -0.2) is 4.68 Å². The van der Waals surface area contributed by atoms with Crippen LogP contribution in [0.1, 0.15) is 0 Å². The summed E-state index contributed by atoms with van der Waals surface area (Å²) in [6.45, 7) is 0.209. The predicted molar refractivity (Wildman–Crippen MR) is 101 cm³/mol. The second-order valence-corrected chi connectivity index (χ2v) is 6.70. The SMILES string of the molecule is Clc1cc(Br)ccc1OCn1ccc(-c2nc(-c3ccccc3)no2)n1. The maximum absolute atomic E-state index is 6.14. The maximum atomic E-state index is 6.14. The number of aromatic nitrogens is 4. The van der Waals surface area contributed by atoms with Crippen LogP contribution in [0.3, 0.4) is 0 Å². The van der Waals surface area contributed by atoms with Crippen LogP contribution in [-0.4, -0.2) is 19.9 Å². The largest absolute Gasteiger partial charge is 0.470 e. The highest BCUT2D eigenvalue weighted by molar-refractivity contribution is 9.10. The van der Waals surface area contributed by atoms with Gasteiger partial charge in [0.25, 0.3) is 5.89 Å². The van der Waals surface area contributed by atoms with Gasteiger partial charge in [0, 0.05) is 16.2 Å². The van der Waals surface area contributed by atoms with Crippen molar-refractivity contribution < 1.29 is 9.26 Å². The summed E-state index contributed by atoms with van der Waals surface area (Å²) in [6, 6.07) is 16.8. The molecule has 0 bridgehead atoms. The summed E-state index contributed by atoms with van der Waals surface area (Å²) in [5, 5.41) is 8.91. The number of rotatable bonds is 5. The monoisotopic (exact) mass is 430 g/mol. The van der Waals surface area contributed by atoms with Crippen molar-refractivity contribution in [3.63, 3.8) is 0 Å². The quantitative estimate of drug-likeness (QED) is 0.442. The molecule has 130 valence electrons. The van der Waals surface area contributed by atoms with Crippen LogP contribution in [0.4, 0.5) is 0 Å². The zero-order valence-corrected chi connectivity index (χ0v) is 15.7. The summed E-state index contributed by atoms with van der Waals surface area (Å²) < 4.78 is 13.5. The van der Waals surface area contributed by atoms with E-state index in [0.29, 0.717) is 28.2 Å². The summed E-state index contributed by atoms with van der Waals surface area (Å²) in [7, 11) is 0. The molecule has 0 atom stereocenters. The van der Waals surface area contributed by atoms with Crippen LogP contribution in [0.2, 0.25) is 5.02 Å². The molecule has 0 aliphatic carbocycles. The molecule has 0 unspecified atom stereocenters. The van der Waals surface area contributed by atoms with Crippen molar-refractivity contribution in [2.24, 2.45) is 0 Å². The number of hydrogen-bond donors (Lipinski definition) is 0. The summed E-state index contributed by atoms with van der Waals surface area (Å²) >= 11 is 9.50. The molecule has 0 spiro atoms. The average molecular weight is 432 g/mol. The van der Waals surface area contributed by atoms with Gasteiger partial charge in [-0.15, -0.1) is 0 Å². The molecule has 2 aromatic heterocycles. The fourth-order valence-electron chi connectivity index (χ4n) is 2.31. The molecule has 0 amide bonds. The standard InChI is InChI=1S/C18H12BrClN4O2/c19-13-6-7-16(14(20)10-13)25-11-24-9-8-15(22-24)18-21-17(23-26-18)12-4-2-1-3-5-12/h1-10H,11H2. The van der Waals surface area contributed by atoms with Gasteiger partial charge in [0.1, 0.15) is 5.75 Å². The minimum atomic E-state index is 0.209. The molecular weight excluding hydrogens is 420 g/mol. The highest BCUT2D eigenvalue weighted by atomic mass is 79.9. The third-order valence-corrected chi connectivity index (χ3v) is 4.35. The summed E-state index contributed by atoms with van der Waals surface area (Å²) in [6.07, 6.45) is 1.77. The predicted octanol–water partition coefficient (Wildman–Crippen LogP) is 5.05. The Balaban J connectivity index is 1.47. The molecule has 0 aliphatic rings. The van der Waals surface area contributed by atoms with Crippen molar-refractivity contribution in [3.05, 3.63) is 70.3 Å². The number of halogens is 2. The third-order valence-electron chi connectivity index (χ3n) is 3.56. The van der Waals surface area contributed by atoms with Gasteiger partial charge in [0.15, 0.2) is 12.4 Å². The minimum Gasteiger partial charge on any atom is -0.470 e. The van der Waals surface area contributed by atoms with Gasteiger partial charge >= 0.3 is 0 Å². The lowest BCUT2D eigenvalue weighted by atomic mass is 10.2. The van der Waals surface area contributed by atoms with Gasteiger partial charge in [0.2, 0.25) is 5.82 Å². The van der Waals surface area contributed by atoms with Crippen LogP contribution in [0.25, 0.3) is 23.0 Å². The molecule has 6 nitrogen and oxygen atoms in total. The van der Waals surface area contributed by atoms with Crippen molar-refractivity contribution in [1.82, 2.24) is 19.9 Å². The number of hydrogen-bond acceptors (Lipinski definition) is 5. The lowest BCUT2D eigenvalue weighted by molar-refractivity contribution is 0.221. The molecule has 0 fully saturated rings. The zero-order chi connectivity index (χ0) is 17.9. The van der Waals surface area contributed by atoms with Crippen LogP contribution in [0.15, 0.2) is 69.8 Å². The Bertz CT molecular complexity index is 1030. The van der Waals surface area contributed by atoms with Crippen LogP contribution < -0.4 is 4.74 Å². The lowest BCUT2D eigenvalue weighted by Gasteiger charge is -2.08. The Kier molecular flexibility index (Phi) is 4.73. The summed E-state index contributed by atoms with van der Waals surface area (Å²) in [4.78, 5) is 4.39. The highest BCUT2D eigenvalue weighted by Gasteiger charge is 2.13. The van der Waals surface area contributed by atoms with E-state index >= 15 is 0 Å².